The van der Waals surface area contributed by atoms with Gasteiger partial charge in [-0.2, -0.15) is 0 Å². The maximum atomic E-state index is 6.02. The summed E-state index contributed by atoms with van der Waals surface area (Å²) in [6.45, 7) is 4.06. The predicted molar refractivity (Wildman–Crippen MR) is 52.7 cm³/mol. The monoisotopic (exact) mass is 190 g/mol. The minimum Gasteiger partial charge on any atom is -0.381 e. The number of hydrogen-bond acceptors (Lipinski definition) is 1. The lowest BCUT2D eigenvalue weighted by molar-refractivity contribution is 0.0205. The van der Waals surface area contributed by atoms with E-state index in [1.807, 2.05) is 0 Å². The normalized spacial score (nSPS) is 22.5. The molecule has 0 spiro atoms. The van der Waals surface area contributed by atoms with Gasteiger partial charge in [-0.25, -0.2) is 0 Å². The molecule has 1 saturated heterocycles. The SMILES string of the molecule is CCCCC1(CCl)CCOCC1. The van der Waals surface area contributed by atoms with Crippen molar-refractivity contribution in [2.75, 3.05) is 19.1 Å². The molecule has 0 bridgehead atoms. The van der Waals surface area contributed by atoms with E-state index in [4.69, 9.17) is 16.3 Å². The zero-order valence-electron chi connectivity index (χ0n) is 7.94. The van der Waals surface area contributed by atoms with Crippen molar-refractivity contribution in [1.29, 1.82) is 0 Å². The van der Waals surface area contributed by atoms with E-state index >= 15 is 0 Å². The second-order valence-electron chi connectivity index (χ2n) is 3.85. The first kappa shape index (κ1) is 10.3. The third-order valence-corrected chi connectivity index (χ3v) is 3.46. The van der Waals surface area contributed by atoms with Crippen LogP contribution in [0.4, 0.5) is 0 Å². The molecule has 0 amide bonds. The van der Waals surface area contributed by atoms with Gasteiger partial charge >= 0.3 is 0 Å². The summed E-state index contributed by atoms with van der Waals surface area (Å²) >= 11 is 6.02. The predicted octanol–water partition coefficient (Wildman–Crippen LogP) is 3.21. The molecule has 0 aliphatic carbocycles. The van der Waals surface area contributed by atoms with Gasteiger partial charge in [-0.15, -0.1) is 11.6 Å². The molecule has 1 aliphatic heterocycles. The molecule has 0 aromatic rings. The summed E-state index contributed by atoms with van der Waals surface area (Å²) in [7, 11) is 0. The van der Waals surface area contributed by atoms with Crippen molar-refractivity contribution in [2.45, 2.75) is 39.0 Å². The summed E-state index contributed by atoms with van der Waals surface area (Å²) in [6, 6.07) is 0. The van der Waals surface area contributed by atoms with Crippen molar-refractivity contribution < 1.29 is 4.74 Å². The molecule has 0 aromatic carbocycles. The van der Waals surface area contributed by atoms with Crippen molar-refractivity contribution in [3.63, 3.8) is 0 Å². The Bertz CT molecular complexity index is 119. The van der Waals surface area contributed by atoms with Crippen molar-refractivity contribution in [3.05, 3.63) is 0 Å². The zero-order chi connectivity index (χ0) is 8.86. The van der Waals surface area contributed by atoms with Crippen LogP contribution in [-0.4, -0.2) is 19.1 Å². The molecule has 0 atom stereocenters. The van der Waals surface area contributed by atoms with Crippen LogP contribution in [0.5, 0.6) is 0 Å². The Morgan fingerprint density at radius 2 is 2.00 bits per heavy atom. The largest absolute Gasteiger partial charge is 0.381 e. The number of ether oxygens (including phenoxy) is 1. The van der Waals surface area contributed by atoms with Gasteiger partial charge in [-0.3, -0.25) is 0 Å². The summed E-state index contributed by atoms with van der Waals surface area (Å²) in [5.41, 5.74) is 0.413. The first-order valence-electron chi connectivity index (χ1n) is 4.97. The molecule has 1 fully saturated rings. The van der Waals surface area contributed by atoms with Crippen LogP contribution < -0.4 is 0 Å². The first-order chi connectivity index (χ1) is 5.83. The highest BCUT2D eigenvalue weighted by Crippen LogP contribution is 2.36. The van der Waals surface area contributed by atoms with Crippen LogP contribution in [0.15, 0.2) is 0 Å². The smallest absolute Gasteiger partial charge is 0.0471 e. The molecule has 0 radical (unpaired) electrons. The highest BCUT2D eigenvalue weighted by molar-refractivity contribution is 6.18. The second-order valence-corrected chi connectivity index (χ2v) is 4.12. The van der Waals surface area contributed by atoms with Crippen molar-refractivity contribution in [1.82, 2.24) is 0 Å². The van der Waals surface area contributed by atoms with Gasteiger partial charge in [-0.05, 0) is 24.7 Å². The number of alkyl halides is 1. The Morgan fingerprint density at radius 3 is 2.50 bits per heavy atom. The number of rotatable bonds is 4. The highest BCUT2D eigenvalue weighted by Gasteiger charge is 2.30. The van der Waals surface area contributed by atoms with Gasteiger partial charge in [0.1, 0.15) is 0 Å². The lowest BCUT2D eigenvalue weighted by Crippen LogP contribution is -2.31. The van der Waals surface area contributed by atoms with E-state index in [2.05, 4.69) is 6.92 Å². The molecule has 1 aliphatic rings. The van der Waals surface area contributed by atoms with Crippen LogP contribution in [0.2, 0.25) is 0 Å². The molecule has 12 heavy (non-hydrogen) atoms. The van der Waals surface area contributed by atoms with E-state index in [9.17, 15) is 0 Å². The first-order valence-corrected chi connectivity index (χ1v) is 5.50. The maximum Gasteiger partial charge on any atom is 0.0471 e. The fourth-order valence-corrected chi connectivity index (χ4v) is 2.21. The quantitative estimate of drug-likeness (QED) is 0.619. The molecule has 1 rings (SSSR count). The summed E-state index contributed by atoms with van der Waals surface area (Å²) in [5.74, 6) is 0.816. The molecule has 0 N–H and O–H groups in total. The maximum absolute atomic E-state index is 6.02. The van der Waals surface area contributed by atoms with Gasteiger partial charge in [0.2, 0.25) is 0 Å². The van der Waals surface area contributed by atoms with E-state index in [1.165, 1.54) is 19.3 Å². The van der Waals surface area contributed by atoms with E-state index < -0.39 is 0 Å². The average Bonchev–Trinajstić information content (AvgIpc) is 2.16. The van der Waals surface area contributed by atoms with Crippen LogP contribution >= 0.6 is 11.6 Å². The Hall–Kier alpha value is 0.250. The summed E-state index contributed by atoms with van der Waals surface area (Å²) in [4.78, 5) is 0. The van der Waals surface area contributed by atoms with Crippen molar-refractivity contribution in [3.8, 4) is 0 Å². The van der Waals surface area contributed by atoms with Crippen molar-refractivity contribution >= 4 is 11.6 Å². The molecular weight excluding hydrogens is 172 g/mol. The summed E-state index contributed by atoms with van der Waals surface area (Å²) in [6.07, 6.45) is 6.20. The molecule has 2 heteroatoms. The molecule has 0 aromatic heterocycles. The van der Waals surface area contributed by atoms with Gasteiger partial charge in [0, 0.05) is 19.1 Å². The molecule has 0 saturated carbocycles. The minimum absolute atomic E-state index is 0.413. The number of unbranched alkanes of at least 4 members (excludes halogenated alkanes) is 1. The molecule has 1 heterocycles. The van der Waals surface area contributed by atoms with E-state index in [0.717, 1.165) is 31.9 Å². The topological polar surface area (TPSA) is 9.23 Å². The third kappa shape index (κ3) is 2.63. The third-order valence-electron chi connectivity index (χ3n) is 2.90. The summed E-state index contributed by atoms with van der Waals surface area (Å²) in [5, 5.41) is 0. The number of hydrogen-bond donors (Lipinski definition) is 0. The Labute approximate surface area is 80.4 Å². The van der Waals surface area contributed by atoms with Gasteiger partial charge < -0.3 is 4.74 Å². The Balaban J connectivity index is 2.37. The van der Waals surface area contributed by atoms with E-state index in [1.54, 1.807) is 0 Å². The lowest BCUT2D eigenvalue weighted by Gasteiger charge is -2.35. The van der Waals surface area contributed by atoms with Gasteiger partial charge in [0.05, 0.1) is 0 Å². The zero-order valence-corrected chi connectivity index (χ0v) is 8.70. The van der Waals surface area contributed by atoms with Crippen LogP contribution in [0, 0.1) is 5.41 Å². The van der Waals surface area contributed by atoms with E-state index in [-0.39, 0.29) is 0 Å². The summed E-state index contributed by atoms with van der Waals surface area (Å²) < 4.78 is 5.35. The fourth-order valence-electron chi connectivity index (χ4n) is 1.81. The molecular formula is C10H19ClO. The van der Waals surface area contributed by atoms with Crippen LogP contribution in [-0.2, 0) is 4.74 Å². The average molecular weight is 191 g/mol. The van der Waals surface area contributed by atoms with Gasteiger partial charge in [-0.1, -0.05) is 19.8 Å². The molecule has 1 nitrogen and oxygen atoms in total. The molecule has 72 valence electrons. The number of halogens is 1. The second kappa shape index (κ2) is 5.08. The minimum atomic E-state index is 0.413. The van der Waals surface area contributed by atoms with Crippen LogP contribution in [0.25, 0.3) is 0 Å². The van der Waals surface area contributed by atoms with Crippen molar-refractivity contribution in [2.24, 2.45) is 5.41 Å². The van der Waals surface area contributed by atoms with Gasteiger partial charge in [0.15, 0.2) is 0 Å². The standard InChI is InChI=1S/C10H19ClO/c1-2-3-4-10(9-11)5-7-12-8-6-10/h2-9H2,1H3. The Kier molecular flexibility index (Phi) is 4.38. The highest BCUT2D eigenvalue weighted by atomic mass is 35.5. The van der Waals surface area contributed by atoms with E-state index in [0.29, 0.717) is 5.41 Å². The Morgan fingerprint density at radius 1 is 1.33 bits per heavy atom. The fraction of sp³-hybridized carbons (Fsp3) is 1.00. The van der Waals surface area contributed by atoms with Gasteiger partial charge in [0.25, 0.3) is 0 Å². The van der Waals surface area contributed by atoms with Crippen LogP contribution in [0.1, 0.15) is 39.0 Å². The lowest BCUT2D eigenvalue weighted by atomic mass is 9.78. The van der Waals surface area contributed by atoms with Crippen LogP contribution in [0.3, 0.4) is 0 Å². The molecule has 0 unspecified atom stereocenters.